The van der Waals surface area contributed by atoms with Crippen LogP contribution in [0.1, 0.15) is 42.5 Å². The third kappa shape index (κ3) is 5.57. The van der Waals surface area contributed by atoms with Crippen LogP contribution < -0.4 is 10.6 Å². The Morgan fingerprint density at radius 3 is 2.27 bits per heavy atom. The number of para-hydroxylation sites is 1. The molecule has 0 saturated carbocycles. The predicted octanol–water partition coefficient (Wildman–Crippen LogP) is 5.37. The number of carbonyl (C=O) groups is 2. The summed E-state index contributed by atoms with van der Waals surface area (Å²) in [5.41, 5.74) is 4.74. The summed E-state index contributed by atoms with van der Waals surface area (Å²) in [6.45, 7) is 4.37. The molecule has 5 heteroatoms. The first-order chi connectivity index (χ1) is 16.0. The minimum atomic E-state index is -0.636. The number of H-pyrrole nitrogens is 1. The van der Waals surface area contributed by atoms with E-state index in [1.165, 1.54) is 5.56 Å². The van der Waals surface area contributed by atoms with Gasteiger partial charge in [0.15, 0.2) is 5.78 Å². The van der Waals surface area contributed by atoms with Crippen molar-refractivity contribution in [2.24, 2.45) is 0 Å². The Labute approximate surface area is 194 Å². The third-order valence-electron chi connectivity index (χ3n) is 5.81. The summed E-state index contributed by atoms with van der Waals surface area (Å²) in [7, 11) is 0. The molecule has 0 aliphatic carbocycles. The molecule has 1 amide bonds. The average Bonchev–Trinajstić information content (AvgIpc) is 3.23. The Balaban J connectivity index is 1.44. The molecule has 4 rings (SSSR count). The number of aromatic nitrogens is 1. The van der Waals surface area contributed by atoms with Gasteiger partial charge < -0.3 is 10.3 Å². The summed E-state index contributed by atoms with van der Waals surface area (Å²) >= 11 is 0. The monoisotopic (exact) mass is 439 g/mol. The Morgan fingerprint density at radius 1 is 0.848 bits per heavy atom. The van der Waals surface area contributed by atoms with Crippen molar-refractivity contribution in [3.63, 3.8) is 0 Å². The summed E-state index contributed by atoms with van der Waals surface area (Å²) in [4.78, 5) is 29.1. The maximum atomic E-state index is 13.1. The molecule has 0 aliphatic rings. The minimum Gasteiger partial charge on any atom is -0.361 e. The van der Waals surface area contributed by atoms with E-state index >= 15 is 0 Å². The second-order valence-corrected chi connectivity index (χ2v) is 8.57. The summed E-state index contributed by atoms with van der Waals surface area (Å²) < 4.78 is 0. The number of amides is 1. The number of benzene rings is 3. The molecule has 0 spiro atoms. The van der Waals surface area contributed by atoms with E-state index in [0.717, 1.165) is 27.7 Å². The second-order valence-electron chi connectivity index (χ2n) is 8.57. The smallest absolute Gasteiger partial charge is 0.246 e. The molecule has 1 unspecified atom stereocenters. The largest absolute Gasteiger partial charge is 0.361 e. The van der Waals surface area contributed by atoms with Crippen LogP contribution in [0.15, 0.2) is 85.1 Å². The molecule has 4 aromatic rings. The van der Waals surface area contributed by atoms with Crippen LogP contribution in [0.2, 0.25) is 0 Å². The second kappa shape index (κ2) is 10.3. The van der Waals surface area contributed by atoms with Crippen LogP contribution in [-0.2, 0) is 16.0 Å². The maximum Gasteiger partial charge on any atom is 0.246 e. The van der Waals surface area contributed by atoms with Gasteiger partial charge >= 0.3 is 0 Å². The van der Waals surface area contributed by atoms with Crippen molar-refractivity contribution in [1.29, 1.82) is 0 Å². The minimum absolute atomic E-state index is 0.0229. The fraction of sp³-hybridized carbons (Fsp3) is 0.214. The molecule has 168 valence electrons. The van der Waals surface area contributed by atoms with Crippen molar-refractivity contribution in [1.82, 2.24) is 10.3 Å². The van der Waals surface area contributed by atoms with E-state index in [1.54, 1.807) is 0 Å². The maximum absolute atomic E-state index is 13.1. The SMILES string of the molecule is CC(C)c1ccc(NC(=O)C(NCC(=O)Cc2c[nH]c3ccccc23)c2ccccc2)cc1. The third-order valence-corrected chi connectivity index (χ3v) is 5.81. The highest BCUT2D eigenvalue weighted by molar-refractivity contribution is 5.96. The van der Waals surface area contributed by atoms with Crippen LogP contribution in [0.5, 0.6) is 0 Å². The zero-order valence-electron chi connectivity index (χ0n) is 19.0. The van der Waals surface area contributed by atoms with Crippen LogP contribution in [-0.4, -0.2) is 23.2 Å². The molecule has 1 aromatic heterocycles. The van der Waals surface area contributed by atoms with Crippen molar-refractivity contribution in [2.75, 3.05) is 11.9 Å². The molecule has 3 N–H and O–H groups in total. The highest BCUT2D eigenvalue weighted by atomic mass is 16.2. The zero-order valence-corrected chi connectivity index (χ0v) is 19.0. The van der Waals surface area contributed by atoms with Gasteiger partial charge in [-0.05, 0) is 40.8 Å². The predicted molar refractivity (Wildman–Crippen MR) is 133 cm³/mol. The topological polar surface area (TPSA) is 74.0 Å². The van der Waals surface area contributed by atoms with E-state index in [-0.39, 0.29) is 18.2 Å². The first kappa shape index (κ1) is 22.5. The van der Waals surface area contributed by atoms with E-state index in [1.807, 2.05) is 85.1 Å². The number of Topliss-reactive ketones (excluding diaryl/α,β-unsaturated/α-hetero) is 1. The van der Waals surface area contributed by atoms with Crippen LogP contribution in [0.4, 0.5) is 5.69 Å². The molecular formula is C28H29N3O2. The Morgan fingerprint density at radius 2 is 1.55 bits per heavy atom. The highest BCUT2D eigenvalue weighted by Crippen LogP contribution is 2.21. The van der Waals surface area contributed by atoms with Crippen molar-refractivity contribution in [3.8, 4) is 0 Å². The number of carbonyl (C=O) groups excluding carboxylic acids is 2. The van der Waals surface area contributed by atoms with Gasteiger partial charge in [-0.1, -0.05) is 74.5 Å². The fourth-order valence-electron chi connectivity index (χ4n) is 3.94. The van der Waals surface area contributed by atoms with Gasteiger partial charge in [0, 0.05) is 29.2 Å². The lowest BCUT2D eigenvalue weighted by Gasteiger charge is -2.19. The molecule has 0 bridgehead atoms. The lowest BCUT2D eigenvalue weighted by molar-refractivity contribution is -0.119. The summed E-state index contributed by atoms with van der Waals surface area (Å²) in [6, 6.07) is 24.6. The van der Waals surface area contributed by atoms with Gasteiger partial charge in [0.1, 0.15) is 6.04 Å². The Hall–Kier alpha value is -3.70. The number of aromatic amines is 1. The number of hydrogen-bond acceptors (Lipinski definition) is 3. The van der Waals surface area contributed by atoms with Gasteiger partial charge in [-0.2, -0.15) is 0 Å². The van der Waals surface area contributed by atoms with Crippen molar-refractivity contribution in [2.45, 2.75) is 32.2 Å². The summed E-state index contributed by atoms with van der Waals surface area (Å²) in [5.74, 6) is 0.254. The van der Waals surface area contributed by atoms with Gasteiger partial charge in [0.25, 0.3) is 0 Å². The first-order valence-electron chi connectivity index (χ1n) is 11.3. The molecule has 5 nitrogen and oxygen atoms in total. The Kier molecular flexibility index (Phi) is 7.01. The van der Waals surface area contributed by atoms with Gasteiger partial charge in [0.05, 0.1) is 6.54 Å². The van der Waals surface area contributed by atoms with Crippen LogP contribution in [0.3, 0.4) is 0 Å². The standard InChI is InChI=1S/C28H29N3O2/c1-19(2)20-12-14-23(15-13-20)31-28(33)27(21-8-4-3-5-9-21)30-18-24(32)16-22-17-29-26-11-7-6-10-25(22)26/h3-15,17,19,27,29-30H,16,18H2,1-2H3,(H,31,33). The number of nitrogens with one attached hydrogen (secondary N) is 3. The van der Waals surface area contributed by atoms with Crippen LogP contribution in [0.25, 0.3) is 10.9 Å². The van der Waals surface area contributed by atoms with Crippen molar-refractivity contribution >= 4 is 28.3 Å². The normalized spacial score (nSPS) is 12.1. The molecule has 1 atom stereocenters. The molecule has 33 heavy (non-hydrogen) atoms. The molecule has 0 saturated heterocycles. The van der Waals surface area contributed by atoms with E-state index in [4.69, 9.17) is 0 Å². The van der Waals surface area contributed by atoms with Gasteiger partial charge in [-0.15, -0.1) is 0 Å². The van der Waals surface area contributed by atoms with Crippen molar-refractivity contribution < 1.29 is 9.59 Å². The molecular weight excluding hydrogens is 410 g/mol. The fourth-order valence-corrected chi connectivity index (χ4v) is 3.94. The number of fused-ring (bicyclic) bond motifs is 1. The van der Waals surface area contributed by atoms with E-state index in [0.29, 0.717) is 12.3 Å². The summed E-state index contributed by atoms with van der Waals surface area (Å²) in [5, 5.41) is 7.21. The van der Waals surface area contributed by atoms with E-state index in [2.05, 4.69) is 29.5 Å². The molecule has 0 fully saturated rings. The highest BCUT2D eigenvalue weighted by Gasteiger charge is 2.21. The molecule has 3 aromatic carbocycles. The number of ketones is 1. The van der Waals surface area contributed by atoms with Gasteiger partial charge in [-0.25, -0.2) is 0 Å². The molecule has 0 radical (unpaired) electrons. The zero-order chi connectivity index (χ0) is 23.2. The molecule has 0 aliphatic heterocycles. The van der Waals surface area contributed by atoms with Gasteiger partial charge in [-0.3, -0.25) is 14.9 Å². The van der Waals surface area contributed by atoms with E-state index in [9.17, 15) is 9.59 Å². The van der Waals surface area contributed by atoms with Gasteiger partial charge in [0.2, 0.25) is 5.91 Å². The van der Waals surface area contributed by atoms with Crippen LogP contribution in [0, 0.1) is 0 Å². The number of anilines is 1. The number of hydrogen-bond donors (Lipinski definition) is 3. The summed E-state index contributed by atoms with van der Waals surface area (Å²) in [6.07, 6.45) is 2.18. The Bertz CT molecular complexity index is 1230. The first-order valence-corrected chi connectivity index (χ1v) is 11.3. The van der Waals surface area contributed by atoms with Crippen molar-refractivity contribution in [3.05, 3.63) is 102 Å². The molecule has 1 heterocycles. The van der Waals surface area contributed by atoms with Crippen LogP contribution >= 0.6 is 0 Å². The van der Waals surface area contributed by atoms with E-state index < -0.39 is 6.04 Å². The average molecular weight is 440 g/mol. The number of rotatable bonds is 9. The lowest BCUT2D eigenvalue weighted by atomic mass is 10.0. The lowest BCUT2D eigenvalue weighted by Crippen LogP contribution is -2.36. The quantitative estimate of drug-likeness (QED) is 0.328.